The second kappa shape index (κ2) is 6.70. The fourth-order valence-electron chi connectivity index (χ4n) is 1.69. The zero-order chi connectivity index (χ0) is 13.6. The molecule has 0 fully saturated rings. The number of pyridine rings is 1. The summed E-state index contributed by atoms with van der Waals surface area (Å²) in [6.07, 6.45) is 3.32. The predicted octanol–water partition coefficient (Wildman–Crippen LogP) is 1.93. The number of rotatable bonds is 7. The van der Waals surface area contributed by atoms with Crippen LogP contribution in [0.2, 0.25) is 0 Å². The van der Waals surface area contributed by atoms with Crippen molar-refractivity contribution in [3.63, 3.8) is 0 Å². The lowest BCUT2D eigenvalue weighted by Gasteiger charge is -2.20. The van der Waals surface area contributed by atoms with Crippen molar-refractivity contribution in [1.29, 1.82) is 0 Å². The highest BCUT2D eigenvalue weighted by molar-refractivity contribution is 7.89. The van der Waals surface area contributed by atoms with E-state index >= 15 is 0 Å². The Balaban J connectivity index is 3.10. The first-order valence-corrected chi connectivity index (χ1v) is 7.64. The standard InChI is InChI=1S/C12H21N3O2S/c1-4-6-10-15(5-2)18(16,17)12-11(13-3)8-7-9-14-12/h7-9,13H,4-6,10H2,1-3H3. The number of hydrogen-bond acceptors (Lipinski definition) is 4. The highest BCUT2D eigenvalue weighted by Crippen LogP contribution is 2.21. The van der Waals surface area contributed by atoms with E-state index in [4.69, 9.17) is 0 Å². The van der Waals surface area contributed by atoms with Gasteiger partial charge < -0.3 is 5.32 Å². The summed E-state index contributed by atoms with van der Waals surface area (Å²) < 4.78 is 26.4. The average Bonchev–Trinajstić information content (AvgIpc) is 2.39. The van der Waals surface area contributed by atoms with Crippen LogP contribution in [-0.4, -0.2) is 37.8 Å². The van der Waals surface area contributed by atoms with Gasteiger partial charge in [0.05, 0.1) is 5.69 Å². The van der Waals surface area contributed by atoms with Crippen LogP contribution in [0, 0.1) is 0 Å². The summed E-state index contributed by atoms with van der Waals surface area (Å²) in [5.41, 5.74) is 0.535. The number of sulfonamides is 1. The minimum absolute atomic E-state index is 0.102. The van der Waals surface area contributed by atoms with E-state index in [1.165, 1.54) is 10.5 Å². The van der Waals surface area contributed by atoms with E-state index in [-0.39, 0.29) is 5.03 Å². The van der Waals surface area contributed by atoms with E-state index in [1.54, 1.807) is 19.2 Å². The zero-order valence-corrected chi connectivity index (χ0v) is 12.0. The third-order valence-corrected chi connectivity index (χ3v) is 4.67. The Morgan fingerprint density at radius 2 is 2.11 bits per heavy atom. The van der Waals surface area contributed by atoms with Crippen molar-refractivity contribution in [3.05, 3.63) is 18.3 Å². The Morgan fingerprint density at radius 1 is 1.39 bits per heavy atom. The van der Waals surface area contributed by atoms with Crippen LogP contribution in [0.1, 0.15) is 26.7 Å². The second-order valence-corrected chi connectivity index (χ2v) is 5.81. The molecule has 5 nitrogen and oxygen atoms in total. The molecule has 0 aliphatic carbocycles. The van der Waals surface area contributed by atoms with Gasteiger partial charge in [-0.05, 0) is 18.6 Å². The molecular formula is C12H21N3O2S. The first-order valence-electron chi connectivity index (χ1n) is 6.20. The van der Waals surface area contributed by atoms with Crippen LogP contribution in [0.5, 0.6) is 0 Å². The highest BCUT2D eigenvalue weighted by Gasteiger charge is 2.26. The molecule has 0 saturated carbocycles. The van der Waals surface area contributed by atoms with Crippen molar-refractivity contribution >= 4 is 15.7 Å². The molecule has 0 atom stereocenters. The van der Waals surface area contributed by atoms with Crippen LogP contribution >= 0.6 is 0 Å². The molecule has 0 aromatic carbocycles. The van der Waals surface area contributed by atoms with Crippen LogP contribution in [0.3, 0.4) is 0 Å². The SMILES string of the molecule is CCCCN(CC)S(=O)(=O)c1ncccc1NC. The quantitative estimate of drug-likeness (QED) is 0.823. The number of unbranched alkanes of at least 4 members (excludes halogenated alkanes) is 1. The van der Waals surface area contributed by atoms with Gasteiger partial charge in [-0.15, -0.1) is 0 Å². The molecule has 0 aliphatic rings. The van der Waals surface area contributed by atoms with Crippen molar-refractivity contribution in [2.45, 2.75) is 31.7 Å². The maximum Gasteiger partial charge on any atom is 0.262 e. The minimum Gasteiger partial charge on any atom is -0.386 e. The Labute approximate surface area is 109 Å². The minimum atomic E-state index is -3.51. The van der Waals surface area contributed by atoms with E-state index in [1.807, 2.05) is 13.8 Å². The molecule has 0 bridgehead atoms. The predicted molar refractivity (Wildman–Crippen MR) is 73.1 cm³/mol. The lowest BCUT2D eigenvalue weighted by atomic mass is 10.3. The van der Waals surface area contributed by atoms with Gasteiger partial charge in [-0.25, -0.2) is 13.4 Å². The number of hydrogen-bond donors (Lipinski definition) is 1. The van der Waals surface area contributed by atoms with Crippen molar-refractivity contribution < 1.29 is 8.42 Å². The molecule has 0 amide bonds. The van der Waals surface area contributed by atoms with Crippen molar-refractivity contribution in [2.75, 3.05) is 25.5 Å². The van der Waals surface area contributed by atoms with E-state index < -0.39 is 10.0 Å². The molecule has 6 heteroatoms. The van der Waals surface area contributed by atoms with Crippen LogP contribution < -0.4 is 5.32 Å². The van der Waals surface area contributed by atoms with Gasteiger partial charge in [0, 0.05) is 26.3 Å². The maximum absolute atomic E-state index is 12.5. The van der Waals surface area contributed by atoms with Crippen LogP contribution in [-0.2, 0) is 10.0 Å². The lowest BCUT2D eigenvalue weighted by Crippen LogP contribution is -2.32. The van der Waals surface area contributed by atoms with Gasteiger partial charge in [0.1, 0.15) is 0 Å². The summed E-state index contributed by atoms with van der Waals surface area (Å²) in [5.74, 6) is 0. The molecule has 1 heterocycles. The Bertz CT molecular complexity index is 474. The summed E-state index contributed by atoms with van der Waals surface area (Å²) in [4.78, 5) is 4.01. The Morgan fingerprint density at radius 3 is 2.67 bits per heavy atom. The zero-order valence-electron chi connectivity index (χ0n) is 11.2. The van der Waals surface area contributed by atoms with Crippen LogP contribution in [0.4, 0.5) is 5.69 Å². The normalized spacial score (nSPS) is 11.8. The van der Waals surface area contributed by atoms with Crippen molar-refractivity contribution in [1.82, 2.24) is 9.29 Å². The summed E-state index contributed by atoms with van der Waals surface area (Å²) in [7, 11) is -1.81. The first kappa shape index (κ1) is 14.9. The molecule has 1 N–H and O–H groups in total. The topological polar surface area (TPSA) is 62.3 Å². The maximum atomic E-state index is 12.5. The smallest absolute Gasteiger partial charge is 0.262 e. The van der Waals surface area contributed by atoms with Crippen LogP contribution in [0.25, 0.3) is 0 Å². The number of anilines is 1. The molecule has 102 valence electrons. The molecule has 18 heavy (non-hydrogen) atoms. The third kappa shape index (κ3) is 3.20. The van der Waals surface area contributed by atoms with E-state index in [0.29, 0.717) is 18.8 Å². The van der Waals surface area contributed by atoms with Crippen molar-refractivity contribution in [3.8, 4) is 0 Å². The van der Waals surface area contributed by atoms with E-state index in [2.05, 4.69) is 10.3 Å². The van der Waals surface area contributed by atoms with Gasteiger partial charge in [-0.3, -0.25) is 0 Å². The Kier molecular flexibility index (Phi) is 5.55. The molecule has 0 aliphatic heterocycles. The van der Waals surface area contributed by atoms with Crippen LogP contribution in [0.15, 0.2) is 23.4 Å². The van der Waals surface area contributed by atoms with E-state index in [9.17, 15) is 8.42 Å². The summed E-state index contributed by atoms with van der Waals surface area (Å²) in [6.45, 7) is 4.88. The lowest BCUT2D eigenvalue weighted by molar-refractivity contribution is 0.417. The Hall–Kier alpha value is -1.14. The largest absolute Gasteiger partial charge is 0.386 e. The van der Waals surface area contributed by atoms with Gasteiger partial charge in [0.15, 0.2) is 5.03 Å². The molecule has 0 unspecified atom stereocenters. The number of nitrogens with zero attached hydrogens (tertiary/aromatic N) is 2. The summed E-state index contributed by atoms with van der Waals surface area (Å²) in [5, 5.41) is 2.97. The van der Waals surface area contributed by atoms with Gasteiger partial charge >= 0.3 is 0 Å². The fraction of sp³-hybridized carbons (Fsp3) is 0.583. The number of aromatic nitrogens is 1. The molecule has 1 aromatic heterocycles. The van der Waals surface area contributed by atoms with Gasteiger partial charge in [-0.2, -0.15) is 4.31 Å². The molecule has 0 radical (unpaired) electrons. The third-order valence-electron chi connectivity index (χ3n) is 2.74. The molecule has 1 rings (SSSR count). The van der Waals surface area contributed by atoms with Crippen molar-refractivity contribution in [2.24, 2.45) is 0 Å². The molecule has 0 saturated heterocycles. The monoisotopic (exact) mass is 271 g/mol. The van der Waals surface area contributed by atoms with Gasteiger partial charge in [-0.1, -0.05) is 20.3 Å². The number of nitrogens with one attached hydrogen (secondary N) is 1. The van der Waals surface area contributed by atoms with Gasteiger partial charge in [0.2, 0.25) is 0 Å². The summed E-state index contributed by atoms with van der Waals surface area (Å²) in [6, 6.07) is 3.43. The first-order chi connectivity index (χ1) is 8.57. The highest BCUT2D eigenvalue weighted by atomic mass is 32.2. The average molecular weight is 271 g/mol. The summed E-state index contributed by atoms with van der Waals surface area (Å²) >= 11 is 0. The molecular weight excluding hydrogens is 250 g/mol. The van der Waals surface area contributed by atoms with E-state index in [0.717, 1.165) is 12.8 Å². The molecule has 0 spiro atoms. The fourth-order valence-corrected chi connectivity index (χ4v) is 3.29. The van der Waals surface area contributed by atoms with Gasteiger partial charge in [0.25, 0.3) is 10.0 Å². The molecule has 1 aromatic rings. The second-order valence-electron chi connectivity index (χ2n) is 3.96.